The molecule has 1 heterocycles. The van der Waals surface area contributed by atoms with Gasteiger partial charge in [-0.2, -0.15) is 0 Å². The number of hydrogen-bond donors (Lipinski definition) is 3. The van der Waals surface area contributed by atoms with E-state index in [1.807, 2.05) is 27.9 Å². The van der Waals surface area contributed by atoms with Gasteiger partial charge in [-0.05, 0) is 13.8 Å². The van der Waals surface area contributed by atoms with Crippen molar-refractivity contribution in [1.82, 2.24) is 15.1 Å². The van der Waals surface area contributed by atoms with Crippen LogP contribution in [0.4, 0.5) is 0 Å². The maximum absolute atomic E-state index is 11.9. The Morgan fingerprint density at radius 3 is 1.80 bits per heavy atom. The van der Waals surface area contributed by atoms with Gasteiger partial charge in [0.05, 0.1) is 5.54 Å². The number of nitrogens with one attached hydrogen (secondary N) is 1. The highest BCUT2D eigenvalue weighted by atomic mass is 16.3. The van der Waals surface area contributed by atoms with Gasteiger partial charge < -0.3 is 20.4 Å². The van der Waals surface area contributed by atoms with Crippen molar-refractivity contribution in [2.45, 2.75) is 19.4 Å². The Morgan fingerprint density at radius 2 is 1.50 bits per heavy atom. The lowest BCUT2D eigenvalue weighted by molar-refractivity contribution is -0.140. The van der Waals surface area contributed by atoms with Crippen molar-refractivity contribution in [3.8, 4) is 0 Å². The van der Waals surface area contributed by atoms with Crippen molar-refractivity contribution in [1.29, 1.82) is 0 Å². The van der Waals surface area contributed by atoms with E-state index in [1.54, 1.807) is 4.90 Å². The molecule has 1 rings (SSSR count). The molecule has 8 heteroatoms. The maximum atomic E-state index is 11.9. The fourth-order valence-electron chi connectivity index (χ4n) is 1.91. The normalized spacial score (nSPS) is 14.8. The van der Waals surface area contributed by atoms with Gasteiger partial charge in [0.15, 0.2) is 0 Å². The summed E-state index contributed by atoms with van der Waals surface area (Å²) in [6.07, 6.45) is 0. The summed E-state index contributed by atoms with van der Waals surface area (Å²) in [6, 6.07) is 0. The van der Waals surface area contributed by atoms with E-state index >= 15 is 0 Å². The van der Waals surface area contributed by atoms with Gasteiger partial charge in [-0.3, -0.25) is 19.3 Å². The van der Waals surface area contributed by atoms with E-state index in [9.17, 15) is 4.79 Å². The summed E-state index contributed by atoms with van der Waals surface area (Å²) in [5.74, 6) is 0.180. The molecule has 0 aromatic heterocycles. The summed E-state index contributed by atoms with van der Waals surface area (Å²) in [7, 11) is 3.62. The Hall–Kier alpha value is -1.67. The monoisotopic (exact) mass is 291 g/mol. The molecule has 0 atom stereocenters. The second-order valence-corrected chi connectivity index (χ2v) is 4.71. The van der Waals surface area contributed by atoms with Crippen LogP contribution >= 0.6 is 0 Å². The average molecular weight is 291 g/mol. The quantitative estimate of drug-likeness (QED) is 0.569. The molecule has 1 amide bonds. The van der Waals surface area contributed by atoms with E-state index in [0.717, 1.165) is 26.2 Å². The fraction of sp³-hybridized carbons (Fsp3) is 0.750. The Labute approximate surface area is 119 Å². The first kappa shape index (κ1) is 20.6. The highest BCUT2D eigenvalue weighted by Crippen LogP contribution is 2.16. The van der Waals surface area contributed by atoms with Crippen LogP contribution in [0.3, 0.4) is 0 Å². The Kier molecular flexibility index (Phi) is 11.5. The van der Waals surface area contributed by atoms with Gasteiger partial charge in [-0.25, -0.2) is 0 Å². The minimum Gasteiger partial charge on any atom is -0.483 e. The summed E-state index contributed by atoms with van der Waals surface area (Å²) in [4.78, 5) is 32.6. The molecule has 0 aliphatic carbocycles. The van der Waals surface area contributed by atoms with Crippen LogP contribution in [0.15, 0.2) is 0 Å². The van der Waals surface area contributed by atoms with Crippen molar-refractivity contribution in [2.24, 2.45) is 0 Å². The summed E-state index contributed by atoms with van der Waals surface area (Å²) in [5.41, 5.74) is -0.369. The first-order valence-corrected chi connectivity index (χ1v) is 6.12. The molecule has 0 unspecified atom stereocenters. The van der Waals surface area contributed by atoms with Crippen molar-refractivity contribution >= 4 is 18.9 Å². The van der Waals surface area contributed by atoms with E-state index in [4.69, 9.17) is 19.8 Å². The third-order valence-electron chi connectivity index (χ3n) is 2.84. The molecule has 1 aliphatic heterocycles. The number of piperazine rings is 1. The largest absolute Gasteiger partial charge is 0.483 e. The smallest absolute Gasteiger partial charge is 0.290 e. The molecule has 0 spiro atoms. The van der Waals surface area contributed by atoms with Crippen LogP contribution in [0.5, 0.6) is 0 Å². The van der Waals surface area contributed by atoms with Gasteiger partial charge in [0.25, 0.3) is 12.9 Å². The molecule has 0 aromatic carbocycles. The number of carbonyl (C=O) groups excluding carboxylic acids is 1. The van der Waals surface area contributed by atoms with Crippen LogP contribution in [0.25, 0.3) is 0 Å². The van der Waals surface area contributed by atoms with Gasteiger partial charge >= 0.3 is 0 Å². The van der Waals surface area contributed by atoms with Gasteiger partial charge in [-0.15, -0.1) is 0 Å². The fourth-order valence-corrected chi connectivity index (χ4v) is 1.91. The van der Waals surface area contributed by atoms with Crippen LogP contribution < -0.4 is 5.32 Å². The zero-order chi connectivity index (χ0) is 16.2. The molecule has 118 valence electrons. The zero-order valence-corrected chi connectivity index (χ0v) is 12.5. The molecule has 1 saturated heterocycles. The standard InChI is InChI=1S/C10H21N3O.2CH2O2/c1-10(2,9(14)12(3)4)13-7-5-11-6-8-13;2*2-1-3/h11H,5-8H2,1-4H3;2*1H,(H,2,3). The highest BCUT2D eigenvalue weighted by molar-refractivity contribution is 5.85. The lowest BCUT2D eigenvalue weighted by atomic mass is 10.00. The van der Waals surface area contributed by atoms with Crippen LogP contribution in [0.1, 0.15) is 13.8 Å². The SMILES string of the molecule is CN(C)C(=O)C(C)(C)N1CCNCC1.O=CO.O=CO. The highest BCUT2D eigenvalue weighted by Gasteiger charge is 2.35. The molecular formula is C12H25N3O5. The first-order valence-electron chi connectivity index (χ1n) is 6.12. The number of hydrogen-bond acceptors (Lipinski definition) is 5. The van der Waals surface area contributed by atoms with Crippen molar-refractivity contribution in [2.75, 3.05) is 40.3 Å². The summed E-state index contributed by atoms with van der Waals surface area (Å²) < 4.78 is 0. The van der Waals surface area contributed by atoms with Gasteiger partial charge in [0.2, 0.25) is 5.91 Å². The minimum absolute atomic E-state index is 0.180. The molecule has 1 fully saturated rings. The summed E-state index contributed by atoms with van der Waals surface area (Å²) in [6.45, 7) is 7.36. The topological polar surface area (TPSA) is 110 Å². The van der Waals surface area contributed by atoms with E-state index in [2.05, 4.69) is 10.2 Å². The Bertz CT molecular complexity index is 283. The molecule has 1 aliphatic rings. The average Bonchev–Trinajstić information content (AvgIpc) is 2.40. The molecule has 0 saturated carbocycles. The molecule has 20 heavy (non-hydrogen) atoms. The molecule has 3 N–H and O–H groups in total. The first-order chi connectivity index (χ1) is 9.29. The van der Waals surface area contributed by atoms with E-state index in [1.165, 1.54) is 0 Å². The summed E-state index contributed by atoms with van der Waals surface area (Å²) in [5, 5.41) is 17.1. The van der Waals surface area contributed by atoms with Crippen LogP contribution in [0.2, 0.25) is 0 Å². The number of carboxylic acid groups (broad SMARTS) is 2. The Morgan fingerprint density at radius 1 is 1.15 bits per heavy atom. The number of rotatable bonds is 2. The van der Waals surface area contributed by atoms with E-state index < -0.39 is 0 Å². The van der Waals surface area contributed by atoms with E-state index in [0.29, 0.717) is 0 Å². The predicted octanol–water partition coefficient (Wildman–Crippen LogP) is -0.840. The lowest BCUT2D eigenvalue weighted by Gasteiger charge is -2.41. The van der Waals surface area contributed by atoms with Crippen LogP contribution in [-0.4, -0.2) is 84.7 Å². The maximum Gasteiger partial charge on any atom is 0.290 e. The second-order valence-electron chi connectivity index (χ2n) is 4.71. The number of carbonyl (C=O) groups is 3. The molecular weight excluding hydrogens is 266 g/mol. The van der Waals surface area contributed by atoms with E-state index in [-0.39, 0.29) is 24.4 Å². The van der Waals surface area contributed by atoms with Crippen molar-refractivity contribution in [3.63, 3.8) is 0 Å². The van der Waals surface area contributed by atoms with Gasteiger partial charge in [-0.1, -0.05) is 0 Å². The van der Waals surface area contributed by atoms with Gasteiger partial charge in [0.1, 0.15) is 0 Å². The Balaban J connectivity index is 0. The molecule has 0 radical (unpaired) electrons. The minimum atomic E-state index is -0.369. The summed E-state index contributed by atoms with van der Waals surface area (Å²) >= 11 is 0. The number of nitrogens with zero attached hydrogens (tertiary/aromatic N) is 2. The number of amides is 1. The molecule has 0 bridgehead atoms. The molecule has 8 nitrogen and oxygen atoms in total. The third kappa shape index (κ3) is 7.70. The van der Waals surface area contributed by atoms with Crippen molar-refractivity contribution in [3.05, 3.63) is 0 Å². The number of likely N-dealkylation sites (N-methyl/N-ethyl adjacent to an activating group) is 1. The van der Waals surface area contributed by atoms with Gasteiger partial charge in [0, 0.05) is 40.3 Å². The molecule has 0 aromatic rings. The lowest BCUT2D eigenvalue weighted by Crippen LogP contribution is -2.59. The van der Waals surface area contributed by atoms with Crippen molar-refractivity contribution < 1.29 is 24.6 Å². The second kappa shape index (κ2) is 11.2. The zero-order valence-electron chi connectivity index (χ0n) is 12.5. The van der Waals surface area contributed by atoms with Crippen LogP contribution in [-0.2, 0) is 14.4 Å². The van der Waals surface area contributed by atoms with Crippen LogP contribution in [0, 0.1) is 0 Å². The third-order valence-corrected chi connectivity index (χ3v) is 2.84. The predicted molar refractivity (Wildman–Crippen MR) is 74.6 cm³/mol.